The summed E-state index contributed by atoms with van der Waals surface area (Å²) < 4.78 is 10.4. The minimum Gasteiger partial charge on any atom is -0.455 e. The van der Waals surface area contributed by atoms with Gasteiger partial charge in [0.25, 0.3) is 0 Å². The summed E-state index contributed by atoms with van der Waals surface area (Å²) in [5, 5.41) is 14.8. The van der Waals surface area contributed by atoms with E-state index < -0.39 is 5.97 Å². The van der Waals surface area contributed by atoms with Crippen LogP contribution in [0.5, 0.6) is 0 Å². The Labute approximate surface area is 130 Å². The maximum Gasteiger partial charge on any atom is 0.338 e. The highest BCUT2D eigenvalue weighted by Gasteiger charge is 2.11. The molecule has 0 fully saturated rings. The van der Waals surface area contributed by atoms with Crippen molar-refractivity contribution in [1.29, 1.82) is 0 Å². The molecule has 0 saturated heterocycles. The third-order valence-corrected chi connectivity index (χ3v) is 3.93. The Hall–Kier alpha value is -2.44. The summed E-state index contributed by atoms with van der Waals surface area (Å²) in [6.07, 6.45) is 0. The zero-order valence-electron chi connectivity index (χ0n) is 11.6. The van der Waals surface area contributed by atoms with Crippen LogP contribution in [0.3, 0.4) is 0 Å². The minimum atomic E-state index is -0.440. The van der Waals surface area contributed by atoms with Crippen LogP contribution in [0.25, 0.3) is 10.6 Å². The smallest absolute Gasteiger partial charge is 0.338 e. The molecule has 112 valence electrons. The number of aliphatic hydroxyl groups excluding tert-OH is 1. The molecular formula is C16H13NO4S. The van der Waals surface area contributed by atoms with Crippen LogP contribution in [0.2, 0.25) is 0 Å². The van der Waals surface area contributed by atoms with Gasteiger partial charge in [0, 0.05) is 6.07 Å². The van der Waals surface area contributed by atoms with Crippen molar-refractivity contribution in [2.24, 2.45) is 0 Å². The van der Waals surface area contributed by atoms with E-state index in [-0.39, 0.29) is 13.2 Å². The first-order valence-electron chi connectivity index (χ1n) is 6.62. The number of thiophene rings is 1. The van der Waals surface area contributed by atoms with Gasteiger partial charge < -0.3 is 14.4 Å². The fourth-order valence-corrected chi connectivity index (χ4v) is 2.56. The van der Waals surface area contributed by atoms with Crippen LogP contribution in [0, 0.1) is 0 Å². The van der Waals surface area contributed by atoms with Crippen molar-refractivity contribution in [2.75, 3.05) is 0 Å². The first kappa shape index (κ1) is 14.5. The molecule has 0 radical (unpaired) electrons. The number of hydrogen-bond donors (Lipinski definition) is 1. The molecular weight excluding hydrogens is 302 g/mol. The number of aliphatic hydroxyl groups is 1. The lowest BCUT2D eigenvalue weighted by Gasteiger charge is -2.03. The summed E-state index contributed by atoms with van der Waals surface area (Å²) in [6.45, 7) is -0.00474. The van der Waals surface area contributed by atoms with Gasteiger partial charge in [0.15, 0.2) is 5.76 Å². The van der Waals surface area contributed by atoms with E-state index in [1.54, 1.807) is 41.7 Å². The van der Waals surface area contributed by atoms with E-state index in [4.69, 9.17) is 14.4 Å². The Morgan fingerprint density at radius 3 is 2.77 bits per heavy atom. The Bertz CT molecular complexity index is 747. The summed E-state index contributed by atoms with van der Waals surface area (Å²) in [6, 6.07) is 12.2. The summed E-state index contributed by atoms with van der Waals surface area (Å²) >= 11 is 1.55. The number of hydrogen-bond acceptors (Lipinski definition) is 6. The molecule has 2 aromatic heterocycles. The minimum absolute atomic E-state index is 0.0511. The predicted octanol–water partition coefficient (Wildman–Crippen LogP) is 3.25. The van der Waals surface area contributed by atoms with Crippen molar-refractivity contribution in [3.05, 3.63) is 64.7 Å². The van der Waals surface area contributed by atoms with Crippen LogP contribution in [-0.2, 0) is 18.0 Å². The second-order valence-corrected chi connectivity index (χ2v) is 5.54. The van der Waals surface area contributed by atoms with E-state index in [0.717, 1.165) is 10.4 Å². The maximum absolute atomic E-state index is 11.9. The molecule has 0 atom stereocenters. The van der Waals surface area contributed by atoms with Crippen LogP contribution in [0.15, 0.2) is 52.4 Å². The number of carbonyl (C=O) groups is 1. The van der Waals surface area contributed by atoms with Crippen LogP contribution in [0.1, 0.15) is 21.6 Å². The van der Waals surface area contributed by atoms with Crippen LogP contribution >= 0.6 is 11.3 Å². The van der Waals surface area contributed by atoms with Gasteiger partial charge in [-0.2, -0.15) is 0 Å². The topological polar surface area (TPSA) is 72.6 Å². The van der Waals surface area contributed by atoms with Gasteiger partial charge in [-0.1, -0.05) is 23.4 Å². The first-order chi connectivity index (χ1) is 10.8. The number of rotatable bonds is 5. The quantitative estimate of drug-likeness (QED) is 0.732. The molecule has 6 heteroatoms. The number of esters is 1. The van der Waals surface area contributed by atoms with E-state index in [2.05, 4.69) is 5.16 Å². The van der Waals surface area contributed by atoms with Crippen LogP contribution in [-0.4, -0.2) is 16.2 Å². The molecule has 0 unspecified atom stereocenters. The van der Waals surface area contributed by atoms with Gasteiger partial charge >= 0.3 is 5.97 Å². The van der Waals surface area contributed by atoms with E-state index in [1.807, 2.05) is 17.5 Å². The summed E-state index contributed by atoms with van der Waals surface area (Å²) in [5.74, 6) is 0.221. The molecule has 1 N–H and O–H groups in total. The molecule has 0 amide bonds. The maximum atomic E-state index is 11.9. The molecule has 0 aliphatic rings. The molecule has 1 aromatic carbocycles. The SMILES string of the molecule is O=C(OCc1cc(-c2cccs2)on1)c1ccc(CO)cc1. The second kappa shape index (κ2) is 6.55. The number of carbonyl (C=O) groups excluding carboxylic acids is 1. The molecule has 3 rings (SSSR count). The fourth-order valence-electron chi connectivity index (χ4n) is 1.88. The zero-order chi connectivity index (χ0) is 15.4. The van der Waals surface area contributed by atoms with E-state index >= 15 is 0 Å². The highest BCUT2D eigenvalue weighted by molar-refractivity contribution is 7.13. The van der Waals surface area contributed by atoms with E-state index in [9.17, 15) is 4.79 Å². The highest BCUT2D eigenvalue weighted by Crippen LogP contribution is 2.25. The molecule has 2 heterocycles. The molecule has 5 nitrogen and oxygen atoms in total. The van der Waals surface area contributed by atoms with Crippen molar-refractivity contribution in [2.45, 2.75) is 13.2 Å². The Kier molecular flexibility index (Phi) is 4.32. The molecule has 22 heavy (non-hydrogen) atoms. The van der Waals surface area contributed by atoms with Gasteiger partial charge in [-0.25, -0.2) is 4.79 Å². The summed E-state index contributed by atoms with van der Waals surface area (Å²) in [5.41, 5.74) is 1.73. The molecule has 0 spiro atoms. The lowest BCUT2D eigenvalue weighted by Crippen LogP contribution is -2.05. The molecule has 0 aliphatic heterocycles. The van der Waals surface area contributed by atoms with Gasteiger partial charge in [-0.3, -0.25) is 0 Å². The van der Waals surface area contributed by atoms with Crippen molar-refractivity contribution >= 4 is 17.3 Å². The van der Waals surface area contributed by atoms with Gasteiger partial charge in [0.05, 0.1) is 17.0 Å². The molecule has 0 aliphatic carbocycles. The van der Waals surface area contributed by atoms with E-state index in [0.29, 0.717) is 17.0 Å². The van der Waals surface area contributed by atoms with Crippen molar-refractivity contribution in [3.8, 4) is 10.6 Å². The Morgan fingerprint density at radius 1 is 1.27 bits per heavy atom. The highest BCUT2D eigenvalue weighted by atomic mass is 32.1. The monoisotopic (exact) mass is 315 g/mol. The third kappa shape index (κ3) is 3.24. The molecule has 3 aromatic rings. The second-order valence-electron chi connectivity index (χ2n) is 4.59. The van der Waals surface area contributed by atoms with Crippen LogP contribution in [0.4, 0.5) is 0 Å². The number of nitrogens with zero attached hydrogens (tertiary/aromatic N) is 1. The zero-order valence-corrected chi connectivity index (χ0v) is 12.4. The average Bonchev–Trinajstić information content (AvgIpc) is 3.23. The number of ether oxygens (including phenoxy) is 1. The lowest BCUT2D eigenvalue weighted by atomic mass is 10.1. The third-order valence-electron chi connectivity index (χ3n) is 3.05. The number of benzene rings is 1. The Balaban J connectivity index is 1.61. The normalized spacial score (nSPS) is 10.6. The van der Waals surface area contributed by atoms with Crippen molar-refractivity contribution < 1.29 is 19.2 Å². The lowest BCUT2D eigenvalue weighted by molar-refractivity contribution is 0.0464. The average molecular weight is 315 g/mol. The summed E-state index contributed by atoms with van der Waals surface area (Å²) in [4.78, 5) is 12.9. The van der Waals surface area contributed by atoms with E-state index in [1.165, 1.54) is 0 Å². The molecule has 0 bridgehead atoms. The summed E-state index contributed by atoms with van der Waals surface area (Å²) in [7, 11) is 0. The van der Waals surface area contributed by atoms with Crippen molar-refractivity contribution in [1.82, 2.24) is 5.16 Å². The standard InChI is InChI=1S/C16H13NO4S/c18-9-11-3-5-12(6-4-11)16(19)20-10-13-8-14(21-17-13)15-2-1-7-22-15/h1-8,18H,9-10H2. The fraction of sp³-hybridized carbons (Fsp3) is 0.125. The van der Waals surface area contributed by atoms with Gasteiger partial charge in [0.2, 0.25) is 0 Å². The van der Waals surface area contributed by atoms with Crippen LogP contribution < -0.4 is 0 Å². The largest absolute Gasteiger partial charge is 0.455 e. The van der Waals surface area contributed by atoms with Gasteiger partial charge in [-0.15, -0.1) is 11.3 Å². The van der Waals surface area contributed by atoms with Crippen molar-refractivity contribution in [3.63, 3.8) is 0 Å². The Morgan fingerprint density at radius 2 is 2.09 bits per heavy atom. The van der Waals surface area contributed by atoms with Gasteiger partial charge in [-0.05, 0) is 29.1 Å². The van der Waals surface area contributed by atoms with Gasteiger partial charge in [0.1, 0.15) is 12.3 Å². The molecule has 0 saturated carbocycles. The predicted molar refractivity (Wildman–Crippen MR) is 81.3 cm³/mol. The first-order valence-corrected chi connectivity index (χ1v) is 7.50. The number of aromatic nitrogens is 1.